The van der Waals surface area contributed by atoms with Crippen molar-refractivity contribution in [2.24, 2.45) is 10.9 Å². The van der Waals surface area contributed by atoms with Gasteiger partial charge in [-0.1, -0.05) is 127 Å². The first-order chi connectivity index (χ1) is 25.4. The molecule has 1 unspecified atom stereocenters. The van der Waals surface area contributed by atoms with Gasteiger partial charge in [0.25, 0.3) is 0 Å². The lowest BCUT2D eigenvalue weighted by molar-refractivity contribution is -0.149. The monoisotopic (exact) mass is 700 g/mol. The van der Waals surface area contributed by atoms with Crippen molar-refractivity contribution >= 4 is 24.2 Å². The van der Waals surface area contributed by atoms with Gasteiger partial charge >= 0.3 is 12.1 Å². The number of aromatic hydroxyl groups is 1. The third-order valence-corrected chi connectivity index (χ3v) is 7.84. The lowest BCUT2D eigenvalue weighted by Gasteiger charge is -2.21. The molecule has 0 aliphatic heterocycles. The number of carbonyl (C=O) groups excluding carboxylic acids is 3. The van der Waals surface area contributed by atoms with Crippen LogP contribution in [-0.2, 0) is 56.6 Å². The maximum Gasteiger partial charge on any atom is 0.433 e. The molecule has 0 fully saturated rings. The van der Waals surface area contributed by atoms with Gasteiger partial charge in [0.1, 0.15) is 25.9 Å². The molecule has 5 aromatic carbocycles. The van der Waals surface area contributed by atoms with Crippen LogP contribution >= 0.6 is 0 Å². The average Bonchev–Trinajstić information content (AvgIpc) is 3.18. The zero-order valence-corrected chi connectivity index (χ0v) is 28.5. The zero-order chi connectivity index (χ0) is 36.4. The van der Waals surface area contributed by atoms with Gasteiger partial charge in [0, 0.05) is 12.6 Å². The molecule has 0 saturated heterocycles. The maximum absolute atomic E-state index is 13.8. The van der Waals surface area contributed by atoms with Crippen LogP contribution in [0.3, 0.4) is 0 Å². The number of aliphatic imine (C=N–C) groups is 1. The van der Waals surface area contributed by atoms with Crippen LogP contribution in [0.2, 0.25) is 0 Å². The number of esters is 1. The first-order valence-electron chi connectivity index (χ1n) is 16.8. The zero-order valence-electron chi connectivity index (χ0n) is 28.5. The quantitative estimate of drug-likeness (QED) is 0.0785. The highest BCUT2D eigenvalue weighted by Gasteiger charge is 2.27. The van der Waals surface area contributed by atoms with E-state index in [2.05, 4.69) is 10.3 Å². The molecule has 5 aromatic rings. The minimum atomic E-state index is -1.15. The van der Waals surface area contributed by atoms with Gasteiger partial charge in [-0.2, -0.15) is 4.99 Å². The molecule has 266 valence electrons. The molecule has 2 atom stereocenters. The summed E-state index contributed by atoms with van der Waals surface area (Å²) >= 11 is 0. The minimum Gasteiger partial charge on any atom is -0.504 e. The molecule has 0 heterocycles. The van der Waals surface area contributed by atoms with E-state index in [1.54, 1.807) is 12.1 Å². The number of amides is 2. The Morgan fingerprint density at radius 1 is 0.635 bits per heavy atom. The molecule has 0 aliphatic carbocycles. The lowest BCUT2D eigenvalue weighted by Crippen LogP contribution is -2.47. The molecular weight excluding hydrogens is 660 g/mol. The van der Waals surface area contributed by atoms with Crippen LogP contribution in [0, 0.1) is 5.92 Å². The first kappa shape index (κ1) is 37.0. The second kappa shape index (κ2) is 19.8. The van der Waals surface area contributed by atoms with Crippen molar-refractivity contribution in [1.29, 1.82) is 0 Å². The number of hydrogen-bond acceptors (Lipinski definition) is 8. The Morgan fingerprint density at radius 3 is 1.73 bits per heavy atom. The summed E-state index contributed by atoms with van der Waals surface area (Å²) in [7, 11) is 0. The number of nitrogens with zero attached hydrogens (tertiary/aromatic N) is 1. The fourth-order valence-corrected chi connectivity index (χ4v) is 5.05. The molecule has 0 aromatic heterocycles. The number of phenols is 1. The van der Waals surface area contributed by atoms with Gasteiger partial charge in [0.15, 0.2) is 11.5 Å². The summed E-state index contributed by atoms with van der Waals surface area (Å²) in [6.45, 7) is 0.287. The van der Waals surface area contributed by atoms with E-state index in [9.17, 15) is 19.5 Å². The smallest absolute Gasteiger partial charge is 0.433 e. The second-order valence-electron chi connectivity index (χ2n) is 11.9. The lowest BCUT2D eigenvalue weighted by atomic mass is 10.0. The summed E-state index contributed by atoms with van der Waals surface area (Å²) in [5, 5.41) is 13.3. The molecule has 0 spiro atoms. The van der Waals surface area contributed by atoms with Crippen molar-refractivity contribution in [3.05, 3.63) is 167 Å². The third-order valence-electron chi connectivity index (χ3n) is 7.84. The largest absolute Gasteiger partial charge is 0.504 e. The van der Waals surface area contributed by atoms with E-state index in [-0.39, 0.29) is 51.0 Å². The molecule has 2 amide bonds. The first-order valence-corrected chi connectivity index (χ1v) is 16.8. The average molecular weight is 701 g/mol. The maximum atomic E-state index is 13.8. The number of ether oxygens (including phenoxy) is 4. The minimum absolute atomic E-state index is 0.00854. The number of hydrogen-bond donors (Lipinski definition) is 2. The molecule has 5 rings (SSSR count). The molecule has 10 nitrogen and oxygen atoms in total. The number of carbonyl (C=O) groups is 3. The Labute approximate surface area is 302 Å². The van der Waals surface area contributed by atoms with E-state index in [1.165, 1.54) is 6.07 Å². The van der Waals surface area contributed by atoms with Gasteiger partial charge in [-0.05, 0) is 39.9 Å². The van der Waals surface area contributed by atoms with Crippen molar-refractivity contribution in [2.45, 2.75) is 38.9 Å². The number of nitrogens with one attached hydrogen (secondary N) is 1. The fraction of sp³-hybridized carbons (Fsp3) is 0.190. The predicted molar refractivity (Wildman–Crippen MR) is 195 cm³/mol. The topological polar surface area (TPSA) is 133 Å². The predicted octanol–water partition coefficient (Wildman–Crippen LogP) is 6.98. The summed E-state index contributed by atoms with van der Waals surface area (Å²) in [5.41, 5.74) is 3.95. The van der Waals surface area contributed by atoms with Crippen LogP contribution < -0.4 is 10.1 Å². The van der Waals surface area contributed by atoms with Gasteiger partial charge in [-0.25, -0.2) is 9.59 Å². The highest BCUT2D eigenvalue weighted by molar-refractivity contribution is 5.98. The van der Waals surface area contributed by atoms with E-state index in [4.69, 9.17) is 18.9 Å². The molecule has 0 aliphatic rings. The van der Waals surface area contributed by atoms with E-state index in [0.29, 0.717) is 5.56 Å². The van der Waals surface area contributed by atoms with Crippen LogP contribution in [0.1, 0.15) is 27.8 Å². The third kappa shape index (κ3) is 12.3. The van der Waals surface area contributed by atoms with Crippen molar-refractivity contribution in [3.8, 4) is 11.5 Å². The van der Waals surface area contributed by atoms with Gasteiger partial charge in [-0.15, -0.1) is 0 Å². The number of phenolic OH excluding ortho intramolecular Hbond substituents is 1. The van der Waals surface area contributed by atoms with E-state index >= 15 is 0 Å². The van der Waals surface area contributed by atoms with Crippen LogP contribution in [0.5, 0.6) is 11.5 Å². The van der Waals surface area contributed by atoms with E-state index in [1.807, 2.05) is 121 Å². The van der Waals surface area contributed by atoms with Crippen molar-refractivity contribution in [2.75, 3.05) is 6.61 Å². The number of benzene rings is 5. The SMILES string of the molecule is O=C(N=CC(COCc1ccccc1)C(=O)N[C@@H](Cc1ccc(O)c(OCc2ccccc2)c1)C(=O)OCc1ccccc1)OCc1ccccc1. The Kier molecular flexibility index (Phi) is 14.1. The second-order valence-corrected chi connectivity index (χ2v) is 11.9. The van der Waals surface area contributed by atoms with Gasteiger partial charge < -0.3 is 29.4 Å². The Balaban J connectivity index is 1.31. The normalized spacial score (nSPS) is 12.1. The molecule has 52 heavy (non-hydrogen) atoms. The highest BCUT2D eigenvalue weighted by atomic mass is 16.5. The Morgan fingerprint density at radius 2 is 1.15 bits per heavy atom. The fourth-order valence-electron chi connectivity index (χ4n) is 5.05. The van der Waals surface area contributed by atoms with E-state index < -0.39 is 29.9 Å². The number of rotatable bonds is 17. The molecule has 0 saturated carbocycles. The van der Waals surface area contributed by atoms with Crippen LogP contribution in [0.25, 0.3) is 0 Å². The highest BCUT2D eigenvalue weighted by Crippen LogP contribution is 2.28. The Bertz CT molecular complexity index is 1890. The van der Waals surface area contributed by atoms with Gasteiger partial charge in [0.05, 0.1) is 19.1 Å². The van der Waals surface area contributed by atoms with Crippen LogP contribution in [-0.4, -0.2) is 41.9 Å². The Hall–Kier alpha value is -6.26. The summed E-state index contributed by atoms with van der Waals surface area (Å²) in [5.74, 6) is -2.22. The van der Waals surface area contributed by atoms with Crippen molar-refractivity contribution in [1.82, 2.24) is 5.32 Å². The van der Waals surface area contributed by atoms with Gasteiger partial charge in [0.2, 0.25) is 5.91 Å². The van der Waals surface area contributed by atoms with E-state index in [0.717, 1.165) is 28.5 Å². The molecule has 0 radical (unpaired) electrons. The summed E-state index contributed by atoms with van der Waals surface area (Å²) in [6, 6.07) is 40.8. The van der Waals surface area contributed by atoms with Crippen LogP contribution in [0.4, 0.5) is 4.79 Å². The molecule has 0 bridgehead atoms. The standard InChI is InChI=1S/C42H40N2O8/c45-38-22-21-35(24-39(38)50-27-32-15-7-2-8-16-32)23-37(41(47)51-28-33-17-9-3-10-18-33)44-40(46)36(30-49-26-31-13-5-1-6-14-31)25-43-42(48)52-29-34-19-11-4-12-20-34/h1-22,24-25,36-37,45H,23,26-30H2,(H,44,46)/t36?,37-/m0/s1. The summed E-state index contributed by atoms with van der Waals surface area (Å²) < 4.78 is 22.6. The molecule has 10 heteroatoms. The van der Waals surface area contributed by atoms with Crippen molar-refractivity contribution in [3.63, 3.8) is 0 Å². The van der Waals surface area contributed by atoms with Crippen LogP contribution in [0.15, 0.2) is 145 Å². The van der Waals surface area contributed by atoms with Gasteiger partial charge in [-0.3, -0.25) is 4.79 Å². The summed E-state index contributed by atoms with van der Waals surface area (Å²) in [4.78, 5) is 43.8. The molecule has 2 N–H and O–H groups in total. The van der Waals surface area contributed by atoms with Crippen molar-refractivity contribution < 1.29 is 38.4 Å². The molecular formula is C42H40N2O8. The summed E-state index contributed by atoms with van der Waals surface area (Å²) in [6.07, 6.45) is 0.293.